The Labute approximate surface area is 165 Å². The van der Waals surface area contributed by atoms with Crippen molar-refractivity contribution in [1.29, 1.82) is 0 Å². The number of hydrogen-bond acceptors (Lipinski definition) is 3. The molecular weight excluding hydrogens is 354 g/mol. The zero-order valence-electron chi connectivity index (χ0n) is 16.5. The predicted octanol–water partition coefficient (Wildman–Crippen LogP) is 6.12. The van der Waals surface area contributed by atoms with Crippen LogP contribution >= 0.6 is 11.3 Å². The van der Waals surface area contributed by atoms with E-state index < -0.39 is 0 Å². The summed E-state index contributed by atoms with van der Waals surface area (Å²) in [7, 11) is 0. The molecule has 3 aromatic rings. The molecule has 0 bridgehead atoms. The van der Waals surface area contributed by atoms with Crippen molar-refractivity contribution in [1.82, 2.24) is 0 Å². The molecule has 0 radical (unpaired) electrons. The van der Waals surface area contributed by atoms with E-state index in [1.807, 2.05) is 37.4 Å². The molecule has 3 rings (SSSR count). The van der Waals surface area contributed by atoms with Crippen LogP contribution in [-0.2, 0) is 6.61 Å². The average Bonchev–Trinajstić information content (AvgIpc) is 3.08. The van der Waals surface area contributed by atoms with E-state index in [2.05, 4.69) is 44.3 Å². The Balaban J connectivity index is 1.67. The van der Waals surface area contributed by atoms with Gasteiger partial charge in [-0.2, -0.15) is 0 Å². The van der Waals surface area contributed by atoms with Crippen LogP contribution < -0.4 is 10.1 Å². The van der Waals surface area contributed by atoms with Crippen molar-refractivity contribution in [2.24, 2.45) is 0 Å². The van der Waals surface area contributed by atoms with Crippen LogP contribution in [0.4, 0.5) is 5.69 Å². The van der Waals surface area contributed by atoms with Crippen LogP contribution in [0.25, 0.3) is 0 Å². The highest BCUT2D eigenvalue weighted by atomic mass is 32.1. The number of hydrogen-bond donors (Lipinski definition) is 1. The number of nitrogens with one attached hydrogen (secondary N) is 1. The van der Waals surface area contributed by atoms with Gasteiger partial charge in [0.05, 0.1) is 4.88 Å². The lowest BCUT2D eigenvalue weighted by Gasteiger charge is -2.11. The van der Waals surface area contributed by atoms with Gasteiger partial charge in [-0.25, -0.2) is 0 Å². The summed E-state index contributed by atoms with van der Waals surface area (Å²) in [6.45, 7) is 10.7. The van der Waals surface area contributed by atoms with Gasteiger partial charge in [-0.3, -0.25) is 4.79 Å². The van der Waals surface area contributed by atoms with Crippen LogP contribution in [0.2, 0.25) is 0 Å². The first-order valence-corrected chi connectivity index (χ1v) is 9.88. The minimum absolute atomic E-state index is 0.0826. The molecule has 1 aromatic heterocycles. The van der Waals surface area contributed by atoms with Crippen molar-refractivity contribution >= 4 is 22.9 Å². The van der Waals surface area contributed by atoms with E-state index >= 15 is 0 Å². The van der Waals surface area contributed by atoms with Gasteiger partial charge in [0.25, 0.3) is 5.91 Å². The Bertz CT molecular complexity index is 988. The first-order chi connectivity index (χ1) is 12.8. The number of carbonyl (C=O) groups excluding carboxylic acids is 1. The minimum Gasteiger partial charge on any atom is -0.489 e. The second-order valence-corrected chi connectivity index (χ2v) is 8.00. The maximum absolute atomic E-state index is 12.5. The largest absolute Gasteiger partial charge is 0.489 e. The van der Waals surface area contributed by atoms with Gasteiger partial charge in [-0.05, 0) is 80.5 Å². The van der Waals surface area contributed by atoms with Gasteiger partial charge >= 0.3 is 0 Å². The number of aryl methyl sites for hydroxylation is 4. The first-order valence-electron chi connectivity index (χ1n) is 9.00. The van der Waals surface area contributed by atoms with E-state index in [1.54, 1.807) is 0 Å². The Morgan fingerprint density at radius 2 is 1.70 bits per heavy atom. The van der Waals surface area contributed by atoms with E-state index in [0.29, 0.717) is 11.5 Å². The van der Waals surface area contributed by atoms with E-state index in [4.69, 9.17) is 4.74 Å². The quantitative estimate of drug-likeness (QED) is 0.580. The lowest BCUT2D eigenvalue weighted by atomic mass is 10.1. The van der Waals surface area contributed by atoms with Crippen LogP contribution in [0.5, 0.6) is 5.75 Å². The van der Waals surface area contributed by atoms with Crippen molar-refractivity contribution in [2.45, 2.75) is 41.2 Å². The van der Waals surface area contributed by atoms with Gasteiger partial charge in [-0.1, -0.05) is 23.8 Å². The molecule has 0 atom stereocenters. The minimum atomic E-state index is -0.0826. The molecule has 140 valence electrons. The Kier molecular flexibility index (Phi) is 5.66. The summed E-state index contributed by atoms with van der Waals surface area (Å²) >= 11 is 1.44. The molecule has 0 aliphatic rings. The van der Waals surface area contributed by atoms with Crippen LogP contribution in [0.1, 0.15) is 43.1 Å². The zero-order valence-corrected chi connectivity index (χ0v) is 17.3. The molecule has 1 amide bonds. The van der Waals surface area contributed by atoms with Gasteiger partial charge in [-0.15, -0.1) is 11.3 Å². The average molecular weight is 380 g/mol. The van der Waals surface area contributed by atoms with Crippen LogP contribution in [-0.4, -0.2) is 5.91 Å². The highest BCUT2D eigenvalue weighted by molar-refractivity contribution is 7.12. The Morgan fingerprint density at radius 1 is 0.963 bits per heavy atom. The molecule has 0 saturated heterocycles. The van der Waals surface area contributed by atoms with Crippen LogP contribution in [0.15, 0.2) is 41.8 Å². The molecule has 0 unspecified atom stereocenters. The molecule has 0 spiro atoms. The van der Waals surface area contributed by atoms with Gasteiger partial charge in [0.2, 0.25) is 0 Å². The normalized spacial score (nSPS) is 10.7. The fourth-order valence-electron chi connectivity index (χ4n) is 3.02. The van der Waals surface area contributed by atoms with Crippen LogP contribution in [0, 0.1) is 34.6 Å². The van der Waals surface area contributed by atoms with Gasteiger partial charge in [0.1, 0.15) is 12.4 Å². The molecule has 4 heteroatoms. The lowest BCUT2D eigenvalue weighted by molar-refractivity contribution is 0.103. The van der Waals surface area contributed by atoms with E-state index in [-0.39, 0.29) is 5.91 Å². The highest BCUT2D eigenvalue weighted by Crippen LogP contribution is 2.25. The van der Waals surface area contributed by atoms with E-state index in [0.717, 1.165) is 28.1 Å². The number of amides is 1. The zero-order chi connectivity index (χ0) is 19.6. The summed E-state index contributed by atoms with van der Waals surface area (Å²) in [5, 5.41) is 4.98. The second-order valence-electron chi connectivity index (χ2n) is 7.09. The fraction of sp³-hybridized carbons (Fsp3) is 0.261. The third-order valence-electron chi connectivity index (χ3n) is 4.67. The van der Waals surface area contributed by atoms with E-state index in [9.17, 15) is 4.79 Å². The molecule has 0 saturated carbocycles. The van der Waals surface area contributed by atoms with Crippen molar-refractivity contribution in [2.75, 3.05) is 5.32 Å². The number of carbonyl (C=O) groups is 1. The third kappa shape index (κ3) is 4.58. The fourth-order valence-corrected chi connectivity index (χ4v) is 3.81. The molecule has 0 aliphatic heterocycles. The third-order valence-corrected chi connectivity index (χ3v) is 5.64. The predicted molar refractivity (Wildman–Crippen MR) is 113 cm³/mol. The molecule has 27 heavy (non-hydrogen) atoms. The van der Waals surface area contributed by atoms with Crippen molar-refractivity contribution in [3.05, 3.63) is 80.0 Å². The van der Waals surface area contributed by atoms with E-state index in [1.165, 1.54) is 28.0 Å². The van der Waals surface area contributed by atoms with Gasteiger partial charge < -0.3 is 10.1 Å². The summed E-state index contributed by atoms with van der Waals surface area (Å²) in [4.78, 5) is 13.2. The van der Waals surface area contributed by atoms with Gasteiger partial charge in [0, 0.05) is 11.3 Å². The van der Waals surface area contributed by atoms with Crippen molar-refractivity contribution < 1.29 is 9.53 Å². The van der Waals surface area contributed by atoms with Crippen molar-refractivity contribution in [3.63, 3.8) is 0 Å². The number of thiophene rings is 1. The summed E-state index contributed by atoms with van der Waals surface area (Å²) < 4.78 is 6.00. The highest BCUT2D eigenvalue weighted by Gasteiger charge is 2.12. The number of anilines is 1. The monoisotopic (exact) mass is 379 g/mol. The van der Waals surface area contributed by atoms with Crippen molar-refractivity contribution in [3.8, 4) is 5.75 Å². The summed E-state index contributed by atoms with van der Waals surface area (Å²) in [5.74, 6) is 0.820. The molecule has 1 heterocycles. The molecule has 0 fully saturated rings. The van der Waals surface area contributed by atoms with Crippen LogP contribution in [0.3, 0.4) is 0 Å². The molecular formula is C23H25NO2S. The summed E-state index contributed by atoms with van der Waals surface area (Å²) in [6, 6.07) is 12.1. The smallest absolute Gasteiger partial charge is 0.265 e. The number of benzene rings is 2. The van der Waals surface area contributed by atoms with Gasteiger partial charge in [0.15, 0.2) is 0 Å². The topological polar surface area (TPSA) is 38.3 Å². The molecule has 3 nitrogen and oxygen atoms in total. The Morgan fingerprint density at radius 3 is 2.44 bits per heavy atom. The second kappa shape index (κ2) is 7.97. The number of rotatable bonds is 5. The molecule has 2 aromatic carbocycles. The summed E-state index contributed by atoms with van der Waals surface area (Å²) in [6.07, 6.45) is 0. The summed E-state index contributed by atoms with van der Waals surface area (Å²) in [5.41, 5.74) is 7.67. The standard InChI is InChI=1S/C23H25NO2S/c1-14-6-7-20(17(4)8-14)24-23(25)22-11-19(13-27-22)12-26-21-10-15(2)9-16(3)18(21)5/h6-11,13H,12H2,1-5H3,(H,24,25). The number of ether oxygens (including phenoxy) is 1. The maximum atomic E-state index is 12.5. The Hall–Kier alpha value is -2.59. The molecule has 0 aliphatic carbocycles. The molecule has 1 N–H and O–H groups in total. The lowest BCUT2D eigenvalue weighted by Crippen LogP contribution is -2.11. The SMILES string of the molecule is Cc1ccc(NC(=O)c2cc(COc3cc(C)cc(C)c3C)cs2)c(C)c1. The maximum Gasteiger partial charge on any atom is 0.265 e. The first kappa shape index (κ1) is 19.2.